The number of aromatic nitrogens is 1. The standard InChI is InChI=1S/C26H32N2O5S/c1-5-11-31-23-9-7-19(13-25(23)32-12-6-2)18(3)28-26(29)20-8-10-22(24(14-20)30-4)33-15-21-16-34-17-27-21/h7-10,13-14,16-18H,5-6,11-12,15H2,1-4H3,(H,28,29). The fourth-order valence-electron chi connectivity index (χ4n) is 3.20. The molecular formula is C26H32N2O5S. The molecule has 3 rings (SSSR count). The number of thiazole rings is 1. The van der Waals surface area contributed by atoms with Crippen LogP contribution in [0.4, 0.5) is 0 Å². The largest absolute Gasteiger partial charge is 0.493 e. The molecule has 1 atom stereocenters. The second-order valence-corrected chi connectivity index (χ2v) is 8.45. The predicted molar refractivity (Wildman–Crippen MR) is 133 cm³/mol. The molecule has 3 aromatic rings. The molecule has 7 nitrogen and oxygen atoms in total. The van der Waals surface area contributed by atoms with E-state index in [4.69, 9.17) is 18.9 Å². The van der Waals surface area contributed by atoms with Crippen molar-refractivity contribution < 1.29 is 23.7 Å². The first-order valence-electron chi connectivity index (χ1n) is 11.4. The lowest BCUT2D eigenvalue weighted by molar-refractivity contribution is 0.0939. The Bertz CT molecular complexity index is 1060. The number of methoxy groups -OCH3 is 1. The first-order chi connectivity index (χ1) is 16.5. The van der Waals surface area contributed by atoms with E-state index in [9.17, 15) is 4.79 Å². The summed E-state index contributed by atoms with van der Waals surface area (Å²) < 4.78 is 22.9. The van der Waals surface area contributed by atoms with Crippen molar-refractivity contribution in [2.45, 2.75) is 46.3 Å². The SMILES string of the molecule is CCCOc1ccc(C(C)NC(=O)c2ccc(OCc3cscn3)c(OC)c2)cc1OCCC. The number of hydrogen-bond donors (Lipinski definition) is 1. The molecule has 0 spiro atoms. The highest BCUT2D eigenvalue weighted by molar-refractivity contribution is 7.07. The van der Waals surface area contributed by atoms with Gasteiger partial charge in [-0.25, -0.2) is 4.98 Å². The van der Waals surface area contributed by atoms with Crippen molar-refractivity contribution in [2.24, 2.45) is 0 Å². The highest BCUT2D eigenvalue weighted by atomic mass is 32.1. The van der Waals surface area contributed by atoms with Gasteiger partial charge in [0.15, 0.2) is 23.0 Å². The Kier molecular flexibility index (Phi) is 9.58. The van der Waals surface area contributed by atoms with E-state index >= 15 is 0 Å². The molecule has 0 saturated carbocycles. The number of ether oxygens (including phenoxy) is 4. The second kappa shape index (κ2) is 12.8. The molecule has 0 saturated heterocycles. The predicted octanol–water partition coefficient (Wildman–Crippen LogP) is 5.80. The Hall–Kier alpha value is -3.26. The van der Waals surface area contributed by atoms with Crippen molar-refractivity contribution in [3.63, 3.8) is 0 Å². The Morgan fingerprint density at radius 1 is 0.971 bits per heavy atom. The summed E-state index contributed by atoms with van der Waals surface area (Å²) in [6, 6.07) is 10.7. The molecule has 182 valence electrons. The van der Waals surface area contributed by atoms with Crippen LogP contribution in [0, 0.1) is 0 Å². The molecule has 0 aliphatic carbocycles. The molecule has 1 aromatic heterocycles. The van der Waals surface area contributed by atoms with Gasteiger partial charge in [-0.05, 0) is 55.7 Å². The number of nitrogens with zero attached hydrogens (tertiary/aromatic N) is 1. The maximum atomic E-state index is 12.9. The normalized spacial score (nSPS) is 11.5. The summed E-state index contributed by atoms with van der Waals surface area (Å²) in [6.45, 7) is 7.62. The summed E-state index contributed by atoms with van der Waals surface area (Å²) in [5, 5.41) is 4.97. The van der Waals surface area contributed by atoms with E-state index in [0.29, 0.717) is 42.6 Å². The van der Waals surface area contributed by atoms with Crippen molar-refractivity contribution in [1.82, 2.24) is 10.3 Å². The molecule has 0 aliphatic heterocycles. The van der Waals surface area contributed by atoms with Crippen LogP contribution >= 0.6 is 11.3 Å². The average molecular weight is 485 g/mol. The summed E-state index contributed by atoms with van der Waals surface area (Å²) in [7, 11) is 1.55. The van der Waals surface area contributed by atoms with Crippen LogP contribution in [-0.4, -0.2) is 31.2 Å². The van der Waals surface area contributed by atoms with Gasteiger partial charge in [0.25, 0.3) is 5.91 Å². The third-order valence-corrected chi connectivity index (χ3v) is 5.66. The van der Waals surface area contributed by atoms with Crippen LogP contribution in [-0.2, 0) is 6.61 Å². The van der Waals surface area contributed by atoms with Crippen LogP contribution < -0.4 is 24.3 Å². The van der Waals surface area contributed by atoms with Crippen LogP contribution in [0.25, 0.3) is 0 Å². The van der Waals surface area contributed by atoms with Gasteiger partial charge >= 0.3 is 0 Å². The molecule has 0 aliphatic rings. The number of carbonyl (C=O) groups excluding carboxylic acids is 1. The summed E-state index contributed by atoms with van der Waals surface area (Å²) >= 11 is 1.51. The molecule has 2 aromatic carbocycles. The highest BCUT2D eigenvalue weighted by Crippen LogP contribution is 2.32. The third kappa shape index (κ3) is 6.87. The van der Waals surface area contributed by atoms with Crippen LogP contribution in [0.5, 0.6) is 23.0 Å². The molecule has 0 fully saturated rings. The van der Waals surface area contributed by atoms with Crippen molar-refractivity contribution in [3.05, 3.63) is 64.1 Å². The van der Waals surface area contributed by atoms with E-state index in [1.54, 1.807) is 30.8 Å². The second-order valence-electron chi connectivity index (χ2n) is 7.73. The van der Waals surface area contributed by atoms with Crippen molar-refractivity contribution in [3.8, 4) is 23.0 Å². The molecule has 1 N–H and O–H groups in total. The minimum Gasteiger partial charge on any atom is -0.493 e. The van der Waals surface area contributed by atoms with Crippen LogP contribution in [0.3, 0.4) is 0 Å². The van der Waals surface area contributed by atoms with E-state index in [-0.39, 0.29) is 11.9 Å². The zero-order valence-corrected chi connectivity index (χ0v) is 20.9. The van der Waals surface area contributed by atoms with Crippen LogP contribution in [0.2, 0.25) is 0 Å². The Morgan fingerprint density at radius 2 is 1.68 bits per heavy atom. The first kappa shape index (κ1) is 25.4. The summed E-state index contributed by atoms with van der Waals surface area (Å²) in [5.74, 6) is 2.25. The number of carbonyl (C=O) groups is 1. The molecule has 8 heteroatoms. The van der Waals surface area contributed by atoms with E-state index in [2.05, 4.69) is 24.1 Å². The molecule has 0 bridgehead atoms. The molecule has 1 unspecified atom stereocenters. The van der Waals surface area contributed by atoms with Crippen molar-refractivity contribution in [1.29, 1.82) is 0 Å². The highest BCUT2D eigenvalue weighted by Gasteiger charge is 2.17. The van der Waals surface area contributed by atoms with Gasteiger partial charge in [-0.15, -0.1) is 11.3 Å². The maximum Gasteiger partial charge on any atom is 0.251 e. The fourth-order valence-corrected chi connectivity index (χ4v) is 3.75. The Balaban J connectivity index is 1.69. The fraction of sp³-hybridized carbons (Fsp3) is 0.385. The smallest absolute Gasteiger partial charge is 0.251 e. The zero-order chi connectivity index (χ0) is 24.3. The Morgan fingerprint density at radius 3 is 2.35 bits per heavy atom. The van der Waals surface area contributed by atoms with Gasteiger partial charge in [-0.2, -0.15) is 0 Å². The summed E-state index contributed by atoms with van der Waals surface area (Å²) in [6.07, 6.45) is 1.81. The molecule has 0 radical (unpaired) electrons. The maximum absolute atomic E-state index is 12.9. The number of hydrogen-bond acceptors (Lipinski definition) is 7. The number of benzene rings is 2. The van der Waals surface area contributed by atoms with Gasteiger partial charge in [-0.3, -0.25) is 4.79 Å². The topological polar surface area (TPSA) is 78.9 Å². The minimum absolute atomic E-state index is 0.209. The summed E-state index contributed by atoms with van der Waals surface area (Å²) in [5.41, 5.74) is 4.01. The average Bonchev–Trinajstić information content (AvgIpc) is 3.38. The van der Waals surface area contributed by atoms with E-state index in [0.717, 1.165) is 29.8 Å². The number of rotatable bonds is 13. The molecule has 34 heavy (non-hydrogen) atoms. The lowest BCUT2D eigenvalue weighted by atomic mass is 10.1. The number of amides is 1. The molecule has 1 amide bonds. The monoisotopic (exact) mass is 484 g/mol. The van der Waals surface area contributed by atoms with Crippen LogP contribution in [0.1, 0.15) is 61.3 Å². The minimum atomic E-state index is -0.233. The van der Waals surface area contributed by atoms with Crippen molar-refractivity contribution in [2.75, 3.05) is 20.3 Å². The third-order valence-electron chi connectivity index (χ3n) is 5.02. The first-order valence-corrected chi connectivity index (χ1v) is 12.4. The van der Waals surface area contributed by atoms with Gasteiger partial charge in [0.2, 0.25) is 0 Å². The van der Waals surface area contributed by atoms with E-state index < -0.39 is 0 Å². The van der Waals surface area contributed by atoms with Crippen molar-refractivity contribution >= 4 is 17.2 Å². The van der Waals surface area contributed by atoms with Gasteiger partial charge in [0, 0.05) is 10.9 Å². The van der Waals surface area contributed by atoms with Crippen LogP contribution in [0.15, 0.2) is 47.3 Å². The van der Waals surface area contributed by atoms with Gasteiger partial charge in [0.1, 0.15) is 6.61 Å². The van der Waals surface area contributed by atoms with Gasteiger partial charge in [-0.1, -0.05) is 19.9 Å². The van der Waals surface area contributed by atoms with Gasteiger partial charge < -0.3 is 24.3 Å². The lowest BCUT2D eigenvalue weighted by Crippen LogP contribution is -2.26. The van der Waals surface area contributed by atoms with E-state index in [1.165, 1.54) is 11.3 Å². The Labute approximate surface area is 205 Å². The zero-order valence-electron chi connectivity index (χ0n) is 20.1. The molecular weight excluding hydrogens is 452 g/mol. The quantitative estimate of drug-likeness (QED) is 0.330. The lowest BCUT2D eigenvalue weighted by Gasteiger charge is -2.18. The number of nitrogens with one attached hydrogen (secondary N) is 1. The summed E-state index contributed by atoms with van der Waals surface area (Å²) in [4.78, 5) is 17.2. The van der Waals surface area contributed by atoms with E-state index in [1.807, 2.05) is 30.5 Å². The van der Waals surface area contributed by atoms with Gasteiger partial charge in [0.05, 0.1) is 37.6 Å². The molecule has 1 heterocycles.